The van der Waals surface area contributed by atoms with Crippen LogP contribution in [0.5, 0.6) is 11.5 Å². The Morgan fingerprint density at radius 3 is 1.30 bits per heavy atom. The first-order valence-corrected chi connectivity index (χ1v) is 9.58. The van der Waals surface area contributed by atoms with Gasteiger partial charge in [-0.25, -0.2) is 17.6 Å². The van der Waals surface area contributed by atoms with Crippen LogP contribution in [0.25, 0.3) is 0 Å². The molecule has 0 atom stereocenters. The molecule has 0 aromatic heterocycles. The van der Waals surface area contributed by atoms with Gasteiger partial charge in [0.15, 0.2) is 23.1 Å². The fourth-order valence-electron chi connectivity index (χ4n) is 1.68. The Morgan fingerprint density at radius 1 is 0.630 bits per heavy atom. The van der Waals surface area contributed by atoms with Crippen molar-refractivity contribution in [3.63, 3.8) is 0 Å². The van der Waals surface area contributed by atoms with Gasteiger partial charge in [0.05, 0.1) is 0 Å². The van der Waals surface area contributed by atoms with Crippen LogP contribution in [0.4, 0.5) is 26.3 Å². The van der Waals surface area contributed by atoms with Gasteiger partial charge >= 0.3 is 20.2 Å². The molecule has 0 aliphatic rings. The number of benzene rings is 2. The molecule has 0 fully saturated rings. The largest absolute Gasteiger partial charge is 0.378 e. The molecule has 0 spiro atoms. The smallest absolute Gasteiger partial charge is 0.327 e. The van der Waals surface area contributed by atoms with E-state index in [1.54, 1.807) is 0 Å². The number of rotatable bonds is 6. The zero-order valence-electron chi connectivity index (χ0n) is 12.6. The summed E-state index contributed by atoms with van der Waals surface area (Å²) in [5.74, 6) is -13.4. The second-order valence-corrected chi connectivity index (χ2v) is 8.31. The van der Waals surface area contributed by atoms with Gasteiger partial charge in [-0.2, -0.15) is 25.6 Å². The average Bonchev–Trinajstić information content (AvgIpc) is 2.47. The highest BCUT2D eigenvalue weighted by atomic mass is 32.3. The fourth-order valence-corrected chi connectivity index (χ4v) is 4.27. The third-order valence-corrected chi connectivity index (χ3v) is 5.82. The minimum absolute atomic E-state index is 0.0654. The van der Waals surface area contributed by atoms with E-state index in [-0.39, 0.29) is 24.3 Å². The SMILES string of the molecule is O=S(=O)(CS(=O)(=O)Oc1cc(F)cc(F)c1F)Oc1cc(F)cc(F)c1F. The maximum Gasteiger partial charge on any atom is 0.327 e. The summed E-state index contributed by atoms with van der Waals surface area (Å²) in [5.41, 5.74) is 0. The van der Waals surface area contributed by atoms with Crippen molar-refractivity contribution >= 4 is 20.2 Å². The second kappa shape index (κ2) is 7.26. The Kier molecular flexibility index (Phi) is 5.60. The molecule has 0 saturated carbocycles. The fraction of sp³-hybridized carbons (Fsp3) is 0.0769. The number of halogens is 6. The van der Waals surface area contributed by atoms with Crippen molar-refractivity contribution in [3.05, 3.63) is 59.2 Å². The summed E-state index contributed by atoms with van der Waals surface area (Å²) in [5, 5.41) is -2.10. The minimum atomic E-state index is -5.30. The molecule has 2 rings (SSSR count). The topological polar surface area (TPSA) is 86.7 Å². The van der Waals surface area contributed by atoms with E-state index in [2.05, 4.69) is 8.37 Å². The predicted octanol–water partition coefficient (Wildman–Crippen LogP) is 2.60. The molecule has 0 heterocycles. The van der Waals surface area contributed by atoms with Crippen molar-refractivity contribution in [2.24, 2.45) is 0 Å². The van der Waals surface area contributed by atoms with Gasteiger partial charge in [-0.15, -0.1) is 0 Å². The van der Waals surface area contributed by atoms with Crippen LogP contribution < -0.4 is 8.37 Å². The van der Waals surface area contributed by atoms with Gasteiger partial charge in [-0.1, -0.05) is 0 Å². The van der Waals surface area contributed by atoms with E-state index in [9.17, 15) is 43.2 Å². The second-order valence-electron chi connectivity index (χ2n) is 4.80. The van der Waals surface area contributed by atoms with Gasteiger partial charge in [0, 0.05) is 24.3 Å². The van der Waals surface area contributed by atoms with Crippen LogP contribution in [0.15, 0.2) is 24.3 Å². The summed E-state index contributed by atoms with van der Waals surface area (Å²) in [6.45, 7) is 0. The summed E-state index contributed by atoms with van der Waals surface area (Å²) in [6, 6.07) is 0.363. The van der Waals surface area contributed by atoms with Crippen molar-refractivity contribution in [2.75, 3.05) is 5.08 Å². The molecule has 0 amide bonds. The van der Waals surface area contributed by atoms with Gasteiger partial charge in [-0.3, -0.25) is 0 Å². The zero-order chi connectivity index (χ0) is 20.6. The Labute approximate surface area is 148 Å². The van der Waals surface area contributed by atoms with E-state index < -0.39 is 71.7 Å². The Bertz CT molecular complexity index is 1010. The standard InChI is InChI=1S/C13H6F6O6S2/c14-6-1-8(16)12(18)10(3-6)24-26(20,21)5-27(22,23)25-11-4-7(15)2-9(17)13(11)19/h1-4H,5H2. The van der Waals surface area contributed by atoms with Crippen LogP contribution in [0, 0.1) is 34.9 Å². The van der Waals surface area contributed by atoms with Gasteiger partial charge in [0.2, 0.25) is 16.7 Å². The first-order chi connectivity index (χ1) is 12.3. The van der Waals surface area contributed by atoms with Gasteiger partial charge in [-0.05, 0) is 0 Å². The lowest BCUT2D eigenvalue weighted by Crippen LogP contribution is -2.25. The molecule has 27 heavy (non-hydrogen) atoms. The third-order valence-electron chi connectivity index (χ3n) is 2.64. The van der Waals surface area contributed by atoms with Crippen molar-refractivity contribution in [3.8, 4) is 11.5 Å². The minimum Gasteiger partial charge on any atom is -0.378 e. The summed E-state index contributed by atoms with van der Waals surface area (Å²) in [7, 11) is -10.6. The molecule has 6 nitrogen and oxygen atoms in total. The molecule has 148 valence electrons. The summed E-state index contributed by atoms with van der Waals surface area (Å²) < 4.78 is 133. The predicted molar refractivity (Wildman–Crippen MR) is 76.6 cm³/mol. The lowest BCUT2D eigenvalue weighted by molar-refractivity contribution is 0.424. The first kappa shape index (κ1) is 20.8. The summed E-state index contributed by atoms with van der Waals surface area (Å²) >= 11 is 0. The van der Waals surface area contributed by atoms with E-state index in [0.717, 1.165) is 0 Å². The Balaban J connectivity index is 2.27. The van der Waals surface area contributed by atoms with E-state index in [1.165, 1.54) is 0 Å². The van der Waals surface area contributed by atoms with Crippen molar-refractivity contribution in [1.29, 1.82) is 0 Å². The summed E-state index contributed by atoms with van der Waals surface area (Å²) in [6.07, 6.45) is 0. The van der Waals surface area contributed by atoms with Gasteiger partial charge < -0.3 is 8.37 Å². The lowest BCUT2D eigenvalue weighted by atomic mass is 10.3. The average molecular weight is 436 g/mol. The molecule has 2 aromatic carbocycles. The van der Waals surface area contributed by atoms with Crippen LogP contribution in [0.2, 0.25) is 0 Å². The Hall–Kier alpha value is -2.48. The molecule has 0 aliphatic carbocycles. The number of hydrogen-bond donors (Lipinski definition) is 0. The quantitative estimate of drug-likeness (QED) is 0.393. The lowest BCUT2D eigenvalue weighted by Gasteiger charge is -2.10. The van der Waals surface area contributed by atoms with Crippen LogP contribution in [0.3, 0.4) is 0 Å². The maximum atomic E-state index is 13.4. The van der Waals surface area contributed by atoms with Crippen molar-refractivity contribution < 1.29 is 51.5 Å². The van der Waals surface area contributed by atoms with E-state index in [0.29, 0.717) is 0 Å². The third kappa shape index (κ3) is 5.26. The summed E-state index contributed by atoms with van der Waals surface area (Å²) in [4.78, 5) is 0. The van der Waals surface area contributed by atoms with Gasteiger partial charge in [0.1, 0.15) is 11.6 Å². The van der Waals surface area contributed by atoms with E-state index in [4.69, 9.17) is 0 Å². The van der Waals surface area contributed by atoms with Crippen LogP contribution >= 0.6 is 0 Å². The highest BCUT2D eigenvalue weighted by Crippen LogP contribution is 2.25. The van der Waals surface area contributed by atoms with Crippen molar-refractivity contribution in [2.45, 2.75) is 0 Å². The monoisotopic (exact) mass is 436 g/mol. The van der Waals surface area contributed by atoms with Crippen LogP contribution in [-0.2, 0) is 20.2 Å². The highest BCUT2D eigenvalue weighted by molar-refractivity contribution is 8.04. The molecule has 0 aliphatic heterocycles. The molecule has 2 aromatic rings. The molecule has 14 heteroatoms. The first-order valence-electron chi connectivity index (χ1n) is 6.43. The van der Waals surface area contributed by atoms with Crippen molar-refractivity contribution in [1.82, 2.24) is 0 Å². The molecule has 0 radical (unpaired) electrons. The van der Waals surface area contributed by atoms with Crippen LogP contribution in [-0.4, -0.2) is 21.9 Å². The van der Waals surface area contributed by atoms with E-state index in [1.807, 2.05) is 0 Å². The molecule has 0 bridgehead atoms. The molecule has 0 saturated heterocycles. The molecule has 0 unspecified atom stereocenters. The molecular weight excluding hydrogens is 430 g/mol. The molecule has 0 N–H and O–H groups in total. The maximum absolute atomic E-state index is 13.4. The zero-order valence-corrected chi connectivity index (χ0v) is 14.2. The van der Waals surface area contributed by atoms with E-state index >= 15 is 0 Å². The Morgan fingerprint density at radius 2 is 0.963 bits per heavy atom. The molecular formula is C13H6F6O6S2. The van der Waals surface area contributed by atoms with Crippen LogP contribution in [0.1, 0.15) is 0 Å². The normalized spacial score (nSPS) is 12.1. The highest BCUT2D eigenvalue weighted by Gasteiger charge is 2.29. The number of hydrogen-bond acceptors (Lipinski definition) is 6. The van der Waals surface area contributed by atoms with Gasteiger partial charge in [0.25, 0.3) is 0 Å².